The van der Waals surface area contributed by atoms with Gasteiger partial charge in [0.25, 0.3) is 22.2 Å². The van der Waals surface area contributed by atoms with E-state index in [1.165, 1.54) is 84.9 Å². The van der Waals surface area contributed by atoms with Crippen LogP contribution in [0.3, 0.4) is 0 Å². The number of aromatic carboxylic acids is 1. The van der Waals surface area contributed by atoms with Gasteiger partial charge in [0, 0.05) is 22.3 Å². The van der Waals surface area contributed by atoms with Crippen molar-refractivity contribution in [2.45, 2.75) is 0 Å². The molecule has 0 saturated heterocycles. The van der Waals surface area contributed by atoms with Crippen molar-refractivity contribution >= 4 is 57.0 Å². The van der Waals surface area contributed by atoms with Gasteiger partial charge in [0.1, 0.15) is 0 Å². The molecule has 0 fully saturated rings. The van der Waals surface area contributed by atoms with E-state index in [0.29, 0.717) is 0 Å². The number of fused-ring (bicyclic) bond motifs is 2. The highest BCUT2D eigenvalue weighted by atomic mass is 16.4. The van der Waals surface area contributed by atoms with Gasteiger partial charge in [-0.2, -0.15) is 0 Å². The van der Waals surface area contributed by atoms with Crippen LogP contribution in [0.5, 0.6) is 0 Å². The number of benzene rings is 6. The minimum absolute atomic E-state index is 0.00149. The third kappa shape index (κ3) is 6.89. The average Bonchev–Trinajstić information content (AvgIpc) is 3.67. The predicted octanol–water partition coefficient (Wildman–Crippen LogP) is 6.61. The van der Waals surface area contributed by atoms with Crippen molar-refractivity contribution in [3.63, 3.8) is 0 Å². The monoisotopic (exact) mass is 776 g/mol. The van der Waals surface area contributed by atoms with Crippen molar-refractivity contribution in [3.8, 4) is 11.4 Å². The molecular formula is C48H28N2O9. The molecule has 0 aliphatic heterocycles. The fraction of sp³-hybridized carbons (Fsp3) is 0. The molecule has 8 rings (SSSR count). The molecule has 0 unspecified atom stereocenters. The molecule has 284 valence electrons. The van der Waals surface area contributed by atoms with E-state index < -0.39 is 61.9 Å². The van der Waals surface area contributed by atoms with Gasteiger partial charge in [-0.1, -0.05) is 109 Å². The number of aromatic nitrogens is 2. The summed E-state index contributed by atoms with van der Waals surface area (Å²) < 4.78 is 1.54. The Labute approximate surface area is 333 Å². The number of hydrogen-bond donors (Lipinski definition) is 1. The molecule has 0 amide bonds. The van der Waals surface area contributed by atoms with Gasteiger partial charge in [0.05, 0.1) is 38.5 Å². The summed E-state index contributed by atoms with van der Waals surface area (Å²) >= 11 is 0. The summed E-state index contributed by atoms with van der Waals surface area (Å²) in [5.74, 6) is -3.01. The number of carboxylic acids is 1. The molecular weight excluding hydrogens is 749 g/mol. The second kappa shape index (κ2) is 15.2. The van der Waals surface area contributed by atoms with E-state index in [2.05, 4.69) is 0 Å². The second-order valence-corrected chi connectivity index (χ2v) is 13.5. The van der Waals surface area contributed by atoms with Crippen LogP contribution in [0.4, 0.5) is 0 Å². The minimum atomic E-state index is -1.26. The van der Waals surface area contributed by atoms with E-state index in [0.717, 1.165) is 26.3 Å². The van der Waals surface area contributed by atoms with Crippen molar-refractivity contribution in [1.29, 1.82) is 0 Å². The van der Waals surface area contributed by atoms with Gasteiger partial charge in [0.2, 0.25) is 0 Å². The van der Waals surface area contributed by atoms with Crippen molar-refractivity contribution in [2.24, 2.45) is 0 Å². The lowest BCUT2D eigenvalue weighted by Gasteiger charge is -2.05. The van der Waals surface area contributed by atoms with Gasteiger partial charge in [-0.25, -0.2) is 13.9 Å². The van der Waals surface area contributed by atoms with E-state index in [4.69, 9.17) is 0 Å². The Kier molecular flexibility index (Phi) is 9.68. The first-order chi connectivity index (χ1) is 28.5. The average molecular weight is 777 g/mol. The first kappa shape index (κ1) is 37.5. The molecule has 0 saturated carbocycles. The van der Waals surface area contributed by atoms with Crippen LogP contribution < -0.4 is 22.2 Å². The number of rotatable bonds is 11. The highest BCUT2D eigenvalue weighted by molar-refractivity contribution is 6.24. The van der Waals surface area contributed by atoms with Gasteiger partial charge in [0.15, 0.2) is 17.3 Å². The molecule has 59 heavy (non-hydrogen) atoms. The van der Waals surface area contributed by atoms with Crippen LogP contribution in [0.1, 0.15) is 58.1 Å². The van der Waals surface area contributed by atoms with Crippen LogP contribution >= 0.6 is 0 Å². The van der Waals surface area contributed by atoms with Gasteiger partial charge in [-0.15, -0.1) is 0 Å². The molecule has 0 spiro atoms. The van der Waals surface area contributed by atoms with Crippen molar-refractivity contribution in [3.05, 3.63) is 232 Å². The van der Waals surface area contributed by atoms with Crippen LogP contribution in [0, 0.1) is 0 Å². The summed E-state index contributed by atoms with van der Waals surface area (Å²) in [6.07, 6.45) is 5.94. The third-order valence-electron chi connectivity index (χ3n) is 9.88. The zero-order chi connectivity index (χ0) is 41.4. The minimum Gasteiger partial charge on any atom is -0.478 e. The van der Waals surface area contributed by atoms with Crippen LogP contribution in [-0.4, -0.2) is 37.6 Å². The lowest BCUT2D eigenvalue weighted by Crippen LogP contribution is -2.25. The number of carboxylic acid groups (broad SMARTS) is 1. The summed E-state index contributed by atoms with van der Waals surface area (Å²) in [6, 6.07) is 35.6. The van der Waals surface area contributed by atoms with E-state index in [9.17, 15) is 43.5 Å². The number of carbonyl (C=O) groups excluding carboxylic acids is 3. The zero-order valence-electron chi connectivity index (χ0n) is 30.7. The molecule has 0 aliphatic carbocycles. The van der Waals surface area contributed by atoms with Crippen molar-refractivity contribution in [2.75, 3.05) is 0 Å². The molecule has 11 heteroatoms. The van der Waals surface area contributed by atoms with Crippen LogP contribution in [0.2, 0.25) is 0 Å². The molecule has 2 aromatic heterocycles. The summed E-state index contributed by atoms with van der Waals surface area (Å²) in [4.78, 5) is 110. The van der Waals surface area contributed by atoms with Crippen molar-refractivity contribution in [1.82, 2.24) is 9.13 Å². The number of nitrogens with zero attached hydrogens (tertiary/aromatic N) is 2. The molecule has 11 nitrogen and oxygen atoms in total. The van der Waals surface area contributed by atoms with E-state index >= 15 is 0 Å². The molecule has 6 aromatic carbocycles. The van der Waals surface area contributed by atoms with E-state index in [-0.39, 0.29) is 44.4 Å². The van der Waals surface area contributed by atoms with Gasteiger partial charge in [-0.05, 0) is 65.7 Å². The SMILES string of the molecule is O=C(O)c1ccc(C(=O)c2c3c(=O)n(-c4cccc(C(=O)/C=C/c5ccccc5)c4)c(=O)c3cc3c(=O)n(-c4cccc(C(=O)/C=C/c5ccccc5)c4)c(=O)c23)cc1. The Morgan fingerprint density at radius 3 is 1.29 bits per heavy atom. The number of allylic oxidation sites excluding steroid dienone is 2. The summed E-state index contributed by atoms with van der Waals surface area (Å²) in [6.45, 7) is 0. The van der Waals surface area contributed by atoms with Crippen LogP contribution in [-0.2, 0) is 0 Å². The first-order valence-corrected chi connectivity index (χ1v) is 18.1. The maximum atomic E-state index is 14.5. The number of hydrogen-bond acceptors (Lipinski definition) is 8. The van der Waals surface area contributed by atoms with Gasteiger partial charge >= 0.3 is 5.97 Å². The van der Waals surface area contributed by atoms with Crippen LogP contribution in [0.25, 0.3) is 45.1 Å². The maximum absolute atomic E-state index is 14.5. The smallest absolute Gasteiger partial charge is 0.335 e. The largest absolute Gasteiger partial charge is 0.478 e. The Bertz CT molecular complexity index is 3130. The lowest BCUT2D eigenvalue weighted by molar-refractivity contribution is 0.0696. The predicted molar refractivity (Wildman–Crippen MR) is 224 cm³/mol. The molecule has 0 atom stereocenters. The van der Waals surface area contributed by atoms with E-state index in [1.807, 2.05) is 60.7 Å². The molecule has 8 aromatic rings. The van der Waals surface area contributed by atoms with Gasteiger partial charge in [-0.3, -0.25) is 33.6 Å². The number of carbonyl (C=O) groups is 4. The Morgan fingerprint density at radius 1 is 0.441 bits per heavy atom. The Balaban J connectivity index is 1.31. The number of ketones is 3. The maximum Gasteiger partial charge on any atom is 0.335 e. The van der Waals surface area contributed by atoms with E-state index in [1.54, 1.807) is 12.2 Å². The Hall–Kier alpha value is -8.44. The molecule has 0 radical (unpaired) electrons. The third-order valence-corrected chi connectivity index (χ3v) is 9.88. The Morgan fingerprint density at radius 2 is 0.864 bits per heavy atom. The van der Waals surface area contributed by atoms with Gasteiger partial charge < -0.3 is 5.11 Å². The molecule has 1 N–H and O–H groups in total. The normalized spacial score (nSPS) is 11.5. The van der Waals surface area contributed by atoms with Crippen LogP contribution in [0.15, 0.2) is 171 Å². The molecule has 0 bridgehead atoms. The summed E-state index contributed by atoms with van der Waals surface area (Å²) in [5, 5.41) is 7.89. The molecule has 2 heterocycles. The first-order valence-electron chi connectivity index (χ1n) is 18.1. The topological polar surface area (TPSA) is 167 Å². The fourth-order valence-electron chi connectivity index (χ4n) is 6.98. The highest BCUT2D eigenvalue weighted by Gasteiger charge is 2.30. The summed E-state index contributed by atoms with van der Waals surface area (Å²) in [7, 11) is 0. The lowest BCUT2D eigenvalue weighted by atomic mass is 9.94. The second-order valence-electron chi connectivity index (χ2n) is 13.5. The molecule has 0 aliphatic rings. The van der Waals surface area contributed by atoms with Crippen molar-refractivity contribution < 1.29 is 24.3 Å². The summed E-state index contributed by atoms with van der Waals surface area (Å²) in [5.41, 5.74) is -2.73. The quantitative estimate of drug-likeness (QED) is 0.112. The zero-order valence-corrected chi connectivity index (χ0v) is 30.7. The highest BCUT2D eigenvalue weighted by Crippen LogP contribution is 2.27. The standard InChI is InChI=1S/C48H28N2O9/c51-38(23-17-28-9-3-1-4-10-28)32-13-7-15-34(25-32)49-44(54)36-27-37-41(42(40(36)46(49)56)43(53)30-19-21-31(22-20-30)48(58)59)47(57)50(45(37)55)35-16-8-14-33(26-35)39(52)24-18-29-11-5-2-6-12-29/h1-27H,(H,58,59)/b23-17+,24-18+. The fourth-order valence-corrected chi connectivity index (χ4v) is 6.98.